The average Bonchev–Trinajstić information content (AvgIpc) is 3.04. The van der Waals surface area contributed by atoms with Crippen molar-refractivity contribution < 1.29 is 9.47 Å². The summed E-state index contributed by atoms with van der Waals surface area (Å²) in [5.74, 6) is 1.64. The van der Waals surface area contributed by atoms with Gasteiger partial charge < -0.3 is 20.1 Å². The number of methoxy groups -OCH3 is 1. The third-order valence-electron chi connectivity index (χ3n) is 3.90. The fraction of sp³-hybridized carbons (Fsp3) is 0.474. The number of aliphatic imine (C=N–C) groups is 1. The fourth-order valence-electron chi connectivity index (χ4n) is 2.50. The van der Waals surface area contributed by atoms with Crippen molar-refractivity contribution in [2.24, 2.45) is 12.0 Å². The first-order valence-corrected chi connectivity index (χ1v) is 8.75. The number of guanidine groups is 1. The van der Waals surface area contributed by atoms with Crippen molar-refractivity contribution >= 4 is 29.9 Å². The Hall–Kier alpha value is -1.81. The van der Waals surface area contributed by atoms with Gasteiger partial charge in [0.25, 0.3) is 0 Å². The van der Waals surface area contributed by atoms with Crippen LogP contribution in [0.1, 0.15) is 16.7 Å². The minimum absolute atomic E-state index is 0. The van der Waals surface area contributed by atoms with Gasteiger partial charge in [0.05, 0.1) is 12.8 Å². The Morgan fingerprint density at radius 2 is 2.07 bits per heavy atom. The van der Waals surface area contributed by atoms with Crippen LogP contribution in [-0.2, 0) is 24.8 Å². The predicted molar refractivity (Wildman–Crippen MR) is 119 cm³/mol. The van der Waals surface area contributed by atoms with E-state index in [9.17, 15) is 0 Å². The first kappa shape index (κ1) is 23.2. The number of benzene rings is 1. The molecule has 0 aliphatic carbocycles. The number of hydrogen-bond donors (Lipinski definition) is 2. The standard InChI is InChI=1S/C19H29N5O2.HI/c1-15-5-6-17(18(11-15)26-10-9-25-4)13-22-19(20-2)21-8-7-16-12-23-24(3)14-16;/h5-6,11-12,14H,7-10,13H2,1-4H3,(H2,20,21,22);1H. The molecule has 0 fully saturated rings. The second-order valence-electron chi connectivity index (χ2n) is 6.08. The van der Waals surface area contributed by atoms with E-state index in [1.807, 2.05) is 30.2 Å². The van der Waals surface area contributed by atoms with Crippen LogP contribution in [0.15, 0.2) is 35.6 Å². The number of ether oxygens (including phenoxy) is 2. The number of aromatic nitrogens is 2. The summed E-state index contributed by atoms with van der Waals surface area (Å²) in [5.41, 5.74) is 3.45. The van der Waals surface area contributed by atoms with E-state index in [4.69, 9.17) is 9.47 Å². The van der Waals surface area contributed by atoms with E-state index in [1.54, 1.807) is 14.2 Å². The molecule has 1 aromatic carbocycles. The van der Waals surface area contributed by atoms with E-state index in [-0.39, 0.29) is 24.0 Å². The van der Waals surface area contributed by atoms with Crippen LogP contribution >= 0.6 is 24.0 Å². The lowest BCUT2D eigenvalue weighted by atomic mass is 10.1. The second-order valence-corrected chi connectivity index (χ2v) is 6.08. The van der Waals surface area contributed by atoms with E-state index in [2.05, 4.69) is 39.8 Å². The van der Waals surface area contributed by atoms with Gasteiger partial charge >= 0.3 is 0 Å². The molecule has 0 aliphatic heterocycles. The van der Waals surface area contributed by atoms with Crippen LogP contribution in [0.3, 0.4) is 0 Å². The first-order chi connectivity index (χ1) is 12.6. The summed E-state index contributed by atoms with van der Waals surface area (Å²) in [7, 11) is 5.36. The summed E-state index contributed by atoms with van der Waals surface area (Å²) in [6, 6.07) is 6.21. The van der Waals surface area contributed by atoms with Crippen molar-refractivity contribution in [3.8, 4) is 5.75 Å². The van der Waals surface area contributed by atoms with E-state index in [1.165, 1.54) is 11.1 Å². The Morgan fingerprint density at radius 1 is 1.26 bits per heavy atom. The van der Waals surface area contributed by atoms with Crippen LogP contribution in [0, 0.1) is 6.92 Å². The molecule has 0 spiro atoms. The Bertz CT molecular complexity index is 718. The zero-order valence-electron chi connectivity index (χ0n) is 16.5. The Morgan fingerprint density at radius 3 is 2.74 bits per heavy atom. The maximum absolute atomic E-state index is 5.83. The van der Waals surface area contributed by atoms with Gasteiger partial charge in [-0.3, -0.25) is 9.67 Å². The minimum atomic E-state index is 0. The molecule has 0 saturated heterocycles. The van der Waals surface area contributed by atoms with Crippen molar-refractivity contribution in [2.75, 3.05) is 33.9 Å². The summed E-state index contributed by atoms with van der Waals surface area (Å²) < 4.78 is 12.7. The van der Waals surface area contributed by atoms with Gasteiger partial charge in [0.1, 0.15) is 12.4 Å². The topological polar surface area (TPSA) is 72.7 Å². The molecule has 0 radical (unpaired) electrons. The molecule has 0 unspecified atom stereocenters. The summed E-state index contributed by atoms with van der Waals surface area (Å²) in [4.78, 5) is 4.27. The summed E-state index contributed by atoms with van der Waals surface area (Å²) in [6.07, 6.45) is 4.80. The molecule has 2 N–H and O–H groups in total. The molecular formula is C19H30IN5O2. The molecule has 1 aromatic heterocycles. The lowest BCUT2D eigenvalue weighted by Crippen LogP contribution is -2.37. The quantitative estimate of drug-likeness (QED) is 0.246. The zero-order valence-corrected chi connectivity index (χ0v) is 18.8. The SMILES string of the molecule is CN=C(NCCc1cnn(C)c1)NCc1ccc(C)cc1OCCOC.I. The lowest BCUT2D eigenvalue weighted by molar-refractivity contribution is 0.145. The fourth-order valence-corrected chi connectivity index (χ4v) is 2.50. The number of nitrogens with one attached hydrogen (secondary N) is 2. The number of halogens is 1. The molecule has 0 atom stereocenters. The van der Waals surface area contributed by atoms with Gasteiger partial charge in [0, 0.05) is 46.1 Å². The smallest absolute Gasteiger partial charge is 0.191 e. The molecule has 0 aliphatic rings. The molecule has 2 rings (SSSR count). The van der Waals surface area contributed by atoms with Gasteiger partial charge in [0.15, 0.2) is 5.96 Å². The van der Waals surface area contributed by atoms with E-state index in [0.29, 0.717) is 19.8 Å². The molecule has 0 saturated carbocycles. The largest absolute Gasteiger partial charge is 0.491 e. The van der Waals surface area contributed by atoms with E-state index in [0.717, 1.165) is 30.2 Å². The monoisotopic (exact) mass is 487 g/mol. The highest BCUT2D eigenvalue weighted by Gasteiger charge is 2.06. The number of rotatable bonds is 9. The maximum atomic E-state index is 5.83. The third-order valence-corrected chi connectivity index (χ3v) is 3.90. The van der Waals surface area contributed by atoms with Crippen molar-refractivity contribution in [1.29, 1.82) is 0 Å². The molecule has 7 nitrogen and oxygen atoms in total. The molecule has 1 heterocycles. The predicted octanol–water partition coefficient (Wildman–Crippen LogP) is 2.28. The highest BCUT2D eigenvalue weighted by atomic mass is 127. The average molecular weight is 487 g/mol. The number of aryl methyl sites for hydroxylation is 2. The highest BCUT2D eigenvalue weighted by Crippen LogP contribution is 2.20. The summed E-state index contributed by atoms with van der Waals surface area (Å²) in [6.45, 7) is 4.58. The second kappa shape index (κ2) is 12.6. The van der Waals surface area contributed by atoms with Crippen molar-refractivity contribution in [1.82, 2.24) is 20.4 Å². The van der Waals surface area contributed by atoms with Gasteiger partial charge in [-0.1, -0.05) is 12.1 Å². The van der Waals surface area contributed by atoms with Gasteiger partial charge in [0.2, 0.25) is 0 Å². The van der Waals surface area contributed by atoms with Crippen molar-refractivity contribution in [3.63, 3.8) is 0 Å². The Balaban J connectivity index is 0.00000364. The Kier molecular flexibility index (Phi) is 10.8. The number of nitrogens with zero attached hydrogens (tertiary/aromatic N) is 3. The molecular weight excluding hydrogens is 457 g/mol. The van der Waals surface area contributed by atoms with Crippen LogP contribution in [0.2, 0.25) is 0 Å². The van der Waals surface area contributed by atoms with E-state index >= 15 is 0 Å². The van der Waals surface area contributed by atoms with E-state index < -0.39 is 0 Å². The first-order valence-electron chi connectivity index (χ1n) is 8.75. The van der Waals surface area contributed by atoms with Crippen LogP contribution in [0.4, 0.5) is 0 Å². The van der Waals surface area contributed by atoms with Crippen LogP contribution in [-0.4, -0.2) is 49.7 Å². The summed E-state index contributed by atoms with van der Waals surface area (Å²) in [5, 5.41) is 10.8. The van der Waals surface area contributed by atoms with Crippen molar-refractivity contribution in [3.05, 3.63) is 47.3 Å². The van der Waals surface area contributed by atoms with Crippen LogP contribution in [0.5, 0.6) is 5.75 Å². The molecule has 8 heteroatoms. The maximum Gasteiger partial charge on any atom is 0.191 e. The third kappa shape index (κ3) is 8.17. The lowest BCUT2D eigenvalue weighted by Gasteiger charge is -2.15. The minimum Gasteiger partial charge on any atom is -0.491 e. The van der Waals surface area contributed by atoms with Gasteiger partial charge in [-0.15, -0.1) is 24.0 Å². The normalized spacial score (nSPS) is 11.0. The molecule has 0 amide bonds. The summed E-state index contributed by atoms with van der Waals surface area (Å²) >= 11 is 0. The van der Waals surface area contributed by atoms with Gasteiger partial charge in [-0.25, -0.2) is 0 Å². The highest BCUT2D eigenvalue weighted by molar-refractivity contribution is 14.0. The zero-order chi connectivity index (χ0) is 18.8. The van der Waals surface area contributed by atoms with Gasteiger partial charge in [-0.05, 0) is 30.5 Å². The number of hydrogen-bond acceptors (Lipinski definition) is 4. The Labute approximate surface area is 178 Å². The van der Waals surface area contributed by atoms with Gasteiger partial charge in [-0.2, -0.15) is 5.10 Å². The van der Waals surface area contributed by atoms with Crippen molar-refractivity contribution in [2.45, 2.75) is 19.9 Å². The molecule has 150 valence electrons. The molecule has 27 heavy (non-hydrogen) atoms. The molecule has 0 bridgehead atoms. The van der Waals surface area contributed by atoms with Crippen LogP contribution in [0.25, 0.3) is 0 Å². The van der Waals surface area contributed by atoms with Crippen LogP contribution < -0.4 is 15.4 Å². The molecule has 2 aromatic rings.